The highest BCUT2D eigenvalue weighted by molar-refractivity contribution is 5.97. The zero-order valence-corrected chi connectivity index (χ0v) is 11.0. The number of nitrogens with one attached hydrogen (secondary N) is 1. The lowest BCUT2D eigenvalue weighted by molar-refractivity contribution is 0.184. The van der Waals surface area contributed by atoms with E-state index in [1.807, 2.05) is 24.3 Å². The normalized spacial score (nSPS) is 19.8. The van der Waals surface area contributed by atoms with Gasteiger partial charge in [0.25, 0.3) is 0 Å². The van der Waals surface area contributed by atoms with E-state index in [0.29, 0.717) is 5.92 Å². The first-order valence-corrected chi connectivity index (χ1v) is 6.65. The van der Waals surface area contributed by atoms with Gasteiger partial charge in [0.05, 0.1) is 0 Å². The van der Waals surface area contributed by atoms with Crippen molar-refractivity contribution < 1.29 is 9.94 Å². The highest BCUT2D eigenvalue weighted by Crippen LogP contribution is 2.15. The second kappa shape index (κ2) is 7.11. The Morgan fingerprint density at radius 2 is 2.42 bits per heavy atom. The average molecular weight is 263 g/mol. The van der Waals surface area contributed by atoms with Gasteiger partial charge in [-0.2, -0.15) is 0 Å². The van der Waals surface area contributed by atoms with Gasteiger partial charge in [0.1, 0.15) is 0 Å². The smallest absolute Gasteiger partial charge is 0.170 e. The van der Waals surface area contributed by atoms with Crippen LogP contribution in [-0.2, 0) is 11.3 Å². The third-order valence-electron chi connectivity index (χ3n) is 3.41. The molecule has 0 bridgehead atoms. The summed E-state index contributed by atoms with van der Waals surface area (Å²) in [5, 5.41) is 15.1. The first-order chi connectivity index (χ1) is 9.29. The summed E-state index contributed by atoms with van der Waals surface area (Å²) < 4.78 is 5.35. The minimum Gasteiger partial charge on any atom is -0.409 e. The van der Waals surface area contributed by atoms with Crippen molar-refractivity contribution in [3.05, 3.63) is 35.4 Å². The van der Waals surface area contributed by atoms with Crippen LogP contribution in [0.5, 0.6) is 0 Å². The maximum absolute atomic E-state index is 8.65. The Labute approximate surface area is 113 Å². The van der Waals surface area contributed by atoms with Crippen molar-refractivity contribution in [3.8, 4) is 0 Å². The van der Waals surface area contributed by atoms with E-state index in [-0.39, 0.29) is 5.84 Å². The highest BCUT2D eigenvalue weighted by atomic mass is 16.5. The van der Waals surface area contributed by atoms with Gasteiger partial charge in [-0.1, -0.05) is 23.4 Å². The molecule has 19 heavy (non-hydrogen) atoms. The molecule has 1 aliphatic heterocycles. The summed E-state index contributed by atoms with van der Waals surface area (Å²) in [6.07, 6.45) is 2.33. The number of nitrogens with zero attached hydrogens (tertiary/aromatic N) is 1. The van der Waals surface area contributed by atoms with Crippen LogP contribution in [0, 0.1) is 5.92 Å². The van der Waals surface area contributed by atoms with E-state index in [1.54, 1.807) is 0 Å². The van der Waals surface area contributed by atoms with Crippen LogP contribution in [0.4, 0.5) is 0 Å². The van der Waals surface area contributed by atoms with E-state index in [4.69, 9.17) is 15.7 Å². The van der Waals surface area contributed by atoms with Gasteiger partial charge in [-0.15, -0.1) is 0 Å². The molecule has 2 rings (SSSR count). The molecule has 1 aliphatic rings. The fourth-order valence-corrected chi connectivity index (χ4v) is 2.25. The van der Waals surface area contributed by atoms with Crippen molar-refractivity contribution in [2.45, 2.75) is 19.4 Å². The van der Waals surface area contributed by atoms with Crippen molar-refractivity contribution in [1.29, 1.82) is 0 Å². The Morgan fingerprint density at radius 1 is 1.53 bits per heavy atom. The van der Waals surface area contributed by atoms with Crippen molar-refractivity contribution >= 4 is 5.84 Å². The summed E-state index contributed by atoms with van der Waals surface area (Å²) in [5.74, 6) is 0.848. The number of amidine groups is 1. The fourth-order valence-electron chi connectivity index (χ4n) is 2.25. The first-order valence-electron chi connectivity index (χ1n) is 6.65. The number of hydrogen-bond acceptors (Lipinski definition) is 4. The van der Waals surface area contributed by atoms with Crippen LogP contribution in [0.3, 0.4) is 0 Å². The second-order valence-electron chi connectivity index (χ2n) is 4.88. The second-order valence-corrected chi connectivity index (χ2v) is 4.88. The first kappa shape index (κ1) is 13.8. The van der Waals surface area contributed by atoms with Crippen molar-refractivity contribution in [2.24, 2.45) is 16.8 Å². The van der Waals surface area contributed by atoms with Crippen LogP contribution in [0.1, 0.15) is 24.0 Å². The zero-order chi connectivity index (χ0) is 13.5. The average Bonchev–Trinajstić information content (AvgIpc) is 2.96. The maximum atomic E-state index is 8.65. The Kier molecular flexibility index (Phi) is 5.18. The lowest BCUT2D eigenvalue weighted by Gasteiger charge is -2.09. The fraction of sp³-hybridized carbons (Fsp3) is 0.500. The molecule has 0 spiro atoms. The van der Waals surface area contributed by atoms with Crippen LogP contribution in [0.25, 0.3) is 0 Å². The summed E-state index contributed by atoms with van der Waals surface area (Å²) in [4.78, 5) is 0. The van der Waals surface area contributed by atoms with E-state index in [2.05, 4.69) is 10.5 Å². The van der Waals surface area contributed by atoms with E-state index in [1.165, 1.54) is 6.42 Å². The number of rotatable bonds is 6. The van der Waals surface area contributed by atoms with E-state index in [0.717, 1.165) is 43.9 Å². The lowest BCUT2D eigenvalue weighted by atomic mass is 10.1. The third kappa shape index (κ3) is 4.22. The van der Waals surface area contributed by atoms with Gasteiger partial charge in [0.2, 0.25) is 0 Å². The Bertz CT molecular complexity index is 428. The van der Waals surface area contributed by atoms with Crippen LogP contribution in [0.15, 0.2) is 29.4 Å². The molecule has 1 unspecified atom stereocenters. The van der Waals surface area contributed by atoms with Gasteiger partial charge < -0.3 is 21.0 Å². The molecule has 0 amide bonds. The Hall–Kier alpha value is -1.59. The summed E-state index contributed by atoms with van der Waals surface area (Å²) in [7, 11) is 0. The lowest BCUT2D eigenvalue weighted by Crippen LogP contribution is -2.19. The highest BCUT2D eigenvalue weighted by Gasteiger charge is 2.14. The number of benzene rings is 1. The topological polar surface area (TPSA) is 79.9 Å². The van der Waals surface area contributed by atoms with Gasteiger partial charge in [-0.3, -0.25) is 0 Å². The predicted octanol–water partition coefficient (Wildman–Crippen LogP) is 1.30. The Balaban J connectivity index is 1.76. The molecule has 1 saturated heterocycles. The predicted molar refractivity (Wildman–Crippen MR) is 74.2 cm³/mol. The molecule has 0 radical (unpaired) electrons. The van der Waals surface area contributed by atoms with Gasteiger partial charge in [0, 0.05) is 25.3 Å². The molecule has 0 aromatic heterocycles. The van der Waals surface area contributed by atoms with E-state index in [9.17, 15) is 0 Å². The number of oxime groups is 1. The van der Waals surface area contributed by atoms with Gasteiger partial charge >= 0.3 is 0 Å². The quantitative estimate of drug-likeness (QED) is 0.238. The van der Waals surface area contributed by atoms with Gasteiger partial charge in [0.15, 0.2) is 5.84 Å². The van der Waals surface area contributed by atoms with E-state index >= 15 is 0 Å². The SMILES string of the molecule is N/C(=N/O)c1cccc(CNCCC2CCOC2)c1. The summed E-state index contributed by atoms with van der Waals surface area (Å²) >= 11 is 0. The molecule has 4 N–H and O–H groups in total. The standard InChI is InChI=1S/C14H21N3O2/c15-14(17-18)13-3-1-2-12(8-13)9-16-6-4-11-5-7-19-10-11/h1-3,8,11,16,18H,4-7,9-10H2,(H2,15,17). The molecule has 1 aromatic carbocycles. The molecule has 1 atom stereocenters. The van der Waals surface area contributed by atoms with Crippen LogP contribution in [0.2, 0.25) is 0 Å². The summed E-state index contributed by atoms with van der Waals surface area (Å²) in [6, 6.07) is 7.70. The number of nitrogens with two attached hydrogens (primary N) is 1. The minimum absolute atomic E-state index is 0.143. The third-order valence-corrected chi connectivity index (χ3v) is 3.41. The van der Waals surface area contributed by atoms with Gasteiger partial charge in [-0.25, -0.2) is 0 Å². The number of ether oxygens (including phenoxy) is 1. The zero-order valence-electron chi connectivity index (χ0n) is 11.0. The molecule has 104 valence electrons. The monoisotopic (exact) mass is 263 g/mol. The molecule has 5 nitrogen and oxygen atoms in total. The molecular weight excluding hydrogens is 242 g/mol. The molecule has 5 heteroatoms. The Morgan fingerprint density at radius 3 is 3.16 bits per heavy atom. The summed E-state index contributed by atoms with van der Waals surface area (Å²) in [6.45, 7) is 3.59. The van der Waals surface area contributed by atoms with Crippen LogP contribution < -0.4 is 11.1 Å². The summed E-state index contributed by atoms with van der Waals surface area (Å²) in [5.41, 5.74) is 7.44. The molecule has 1 fully saturated rings. The molecule has 0 saturated carbocycles. The molecule has 1 aromatic rings. The number of hydrogen-bond donors (Lipinski definition) is 3. The molecule has 1 heterocycles. The van der Waals surface area contributed by atoms with Crippen molar-refractivity contribution in [1.82, 2.24) is 5.32 Å². The largest absolute Gasteiger partial charge is 0.409 e. The van der Waals surface area contributed by atoms with Crippen molar-refractivity contribution in [2.75, 3.05) is 19.8 Å². The van der Waals surface area contributed by atoms with Gasteiger partial charge in [-0.05, 0) is 36.9 Å². The maximum Gasteiger partial charge on any atom is 0.170 e. The van der Waals surface area contributed by atoms with E-state index < -0.39 is 0 Å². The molecule has 0 aliphatic carbocycles. The van der Waals surface area contributed by atoms with Crippen LogP contribution >= 0.6 is 0 Å². The molecular formula is C14H21N3O2. The minimum atomic E-state index is 0.143. The van der Waals surface area contributed by atoms with Crippen LogP contribution in [-0.4, -0.2) is 30.8 Å². The van der Waals surface area contributed by atoms with Crippen molar-refractivity contribution in [3.63, 3.8) is 0 Å².